The smallest absolute Gasteiger partial charge is 0.408 e. The third kappa shape index (κ3) is 8.21. The monoisotopic (exact) mass is 410 g/mol. The van der Waals surface area contributed by atoms with Crippen LogP contribution in [0.15, 0.2) is 30.3 Å². The summed E-state index contributed by atoms with van der Waals surface area (Å²) in [5.74, 6) is -0.372. The highest BCUT2D eigenvalue weighted by Crippen LogP contribution is 2.11. The van der Waals surface area contributed by atoms with Gasteiger partial charge < -0.3 is 20.1 Å². The van der Waals surface area contributed by atoms with E-state index in [0.29, 0.717) is 18.6 Å². The van der Waals surface area contributed by atoms with Gasteiger partial charge in [-0.25, -0.2) is 9.59 Å². The van der Waals surface area contributed by atoms with Crippen LogP contribution in [0.1, 0.15) is 32.3 Å². The first kappa shape index (κ1) is 23.8. The average Bonchev–Trinajstić information content (AvgIpc) is 2.72. The molecule has 0 aliphatic heterocycles. The van der Waals surface area contributed by atoms with Crippen molar-refractivity contribution in [2.45, 2.75) is 45.4 Å². The van der Waals surface area contributed by atoms with Crippen molar-refractivity contribution in [1.82, 2.24) is 10.6 Å². The number of carbonyl (C=O) groups excluding carboxylic acids is 3. The summed E-state index contributed by atoms with van der Waals surface area (Å²) in [4.78, 5) is 36.9. The number of thioether (sulfide) groups is 1. The minimum atomic E-state index is -0.810. The Morgan fingerprint density at radius 2 is 1.82 bits per heavy atom. The fraction of sp³-hybridized carbons (Fsp3) is 0.550. The molecule has 2 amide bonds. The van der Waals surface area contributed by atoms with Crippen molar-refractivity contribution in [3.05, 3.63) is 35.9 Å². The van der Waals surface area contributed by atoms with E-state index in [1.165, 1.54) is 7.11 Å². The van der Waals surface area contributed by atoms with Gasteiger partial charge in [0.2, 0.25) is 5.91 Å². The zero-order valence-corrected chi connectivity index (χ0v) is 17.7. The number of esters is 1. The lowest BCUT2D eigenvalue weighted by molar-refractivity contribution is -0.145. The molecule has 7 nitrogen and oxygen atoms in total. The minimum absolute atomic E-state index is 0.111. The third-order valence-electron chi connectivity index (χ3n) is 4.39. The first-order chi connectivity index (χ1) is 13.4. The standard InChI is InChI=1S/C20H30N2O5S/c1-5-14(2)17(18(23)21-16(11-12-28-4)19(24)26-3)22-20(25)27-13-15-9-7-6-8-10-15/h6-10,14,16-17H,5,11-13H2,1-4H3,(H,21,23)(H,22,25)/t14-,16-,17-/m0/s1. The van der Waals surface area contributed by atoms with Crippen molar-refractivity contribution in [2.24, 2.45) is 5.92 Å². The molecule has 0 radical (unpaired) electrons. The molecule has 1 aromatic rings. The lowest BCUT2D eigenvalue weighted by Crippen LogP contribution is -2.54. The van der Waals surface area contributed by atoms with Crippen LogP contribution in [0.4, 0.5) is 4.79 Å². The van der Waals surface area contributed by atoms with Crippen LogP contribution in [-0.2, 0) is 25.7 Å². The topological polar surface area (TPSA) is 93.7 Å². The SMILES string of the molecule is CC[C@H](C)[C@H](NC(=O)OCc1ccccc1)C(=O)N[C@@H](CCSC)C(=O)OC. The largest absolute Gasteiger partial charge is 0.467 e. The average molecular weight is 411 g/mol. The van der Waals surface area contributed by atoms with Crippen molar-refractivity contribution in [3.63, 3.8) is 0 Å². The van der Waals surface area contributed by atoms with E-state index in [0.717, 1.165) is 5.56 Å². The molecule has 0 saturated heterocycles. The Balaban J connectivity index is 2.72. The first-order valence-corrected chi connectivity index (χ1v) is 10.7. The van der Waals surface area contributed by atoms with Crippen LogP contribution in [0.3, 0.4) is 0 Å². The summed E-state index contributed by atoms with van der Waals surface area (Å²) in [6, 6.07) is 7.72. The second kappa shape index (κ2) is 13.0. The number of alkyl carbamates (subject to hydrolysis) is 1. The highest BCUT2D eigenvalue weighted by Gasteiger charge is 2.30. The molecule has 28 heavy (non-hydrogen) atoms. The summed E-state index contributed by atoms with van der Waals surface area (Å²) in [5, 5.41) is 5.33. The van der Waals surface area contributed by atoms with Crippen molar-refractivity contribution in [1.29, 1.82) is 0 Å². The van der Waals surface area contributed by atoms with Crippen LogP contribution in [0.2, 0.25) is 0 Å². The summed E-state index contributed by atoms with van der Waals surface area (Å²) < 4.78 is 9.99. The van der Waals surface area contributed by atoms with Crippen LogP contribution < -0.4 is 10.6 Å². The van der Waals surface area contributed by atoms with E-state index in [2.05, 4.69) is 10.6 Å². The maximum Gasteiger partial charge on any atom is 0.408 e. The maximum absolute atomic E-state index is 12.8. The number of carbonyl (C=O) groups is 3. The zero-order valence-electron chi connectivity index (χ0n) is 16.9. The van der Waals surface area contributed by atoms with Gasteiger partial charge in [0.25, 0.3) is 0 Å². The lowest BCUT2D eigenvalue weighted by atomic mass is 9.98. The Bertz CT molecular complexity index is 626. The van der Waals surface area contributed by atoms with Gasteiger partial charge in [-0.05, 0) is 29.9 Å². The van der Waals surface area contributed by atoms with Gasteiger partial charge >= 0.3 is 12.1 Å². The molecule has 3 atom stereocenters. The van der Waals surface area contributed by atoms with Crippen LogP contribution in [0, 0.1) is 5.92 Å². The summed E-state index contributed by atoms with van der Waals surface area (Å²) in [6.45, 7) is 3.89. The third-order valence-corrected chi connectivity index (χ3v) is 5.04. The molecule has 0 spiro atoms. The predicted molar refractivity (Wildman–Crippen MR) is 110 cm³/mol. The van der Waals surface area contributed by atoms with Crippen LogP contribution in [-0.4, -0.2) is 49.2 Å². The van der Waals surface area contributed by atoms with E-state index < -0.39 is 30.1 Å². The number of benzene rings is 1. The Morgan fingerprint density at radius 1 is 1.14 bits per heavy atom. The number of rotatable bonds is 11. The molecule has 0 unspecified atom stereocenters. The molecule has 0 heterocycles. The number of amides is 2. The fourth-order valence-electron chi connectivity index (χ4n) is 2.48. The minimum Gasteiger partial charge on any atom is -0.467 e. The summed E-state index contributed by atoms with van der Waals surface area (Å²) >= 11 is 1.57. The Morgan fingerprint density at radius 3 is 2.39 bits per heavy atom. The van der Waals surface area contributed by atoms with Crippen LogP contribution in [0.25, 0.3) is 0 Å². The van der Waals surface area contributed by atoms with E-state index in [1.54, 1.807) is 11.8 Å². The molecule has 156 valence electrons. The molecule has 2 N–H and O–H groups in total. The highest BCUT2D eigenvalue weighted by molar-refractivity contribution is 7.98. The maximum atomic E-state index is 12.8. The fourth-order valence-corrected chi connectivity index (χ4v) is 2.95. The summed E-state index contributed by atoms with van der Waals surface area (Å²) in [6.07, 6.45) is 2.36. The molecular formula is C20H30N2O5S. The normalized spacial score (nSPS) is 13.7. The van der Waals surface area contributed by atoms with Crippen molar-refractivity contribution >= 4 is 29.7 Å². The van der Waals surface area contributed by atoms with E-state index >= 15 is 0 Å². The molecule has 0 fully saturated rings. The molecule has 8 heteroatoms. The molecule has 0 aliphatic carbocycles. The number of methoxy groups -OCH3 is 1. The Labute approximate surface area is 170 Å². The Hall–Kier alpha value is -2.22. The van der Waals surface area contributed by atoms with Crippen molar-refractivity contribution in [2.75, 3.05) is 19.1 Å². The predicted octanol–water partition coefficient (Wildman–Crippen LogP) is 2.74. The van der Waals surface area contributed by atoms with E-state index in [1.807, 2.05) is 50.4 Å². The van der Waals surface area contributed by atoms with Gasteiger partial charge in [0, 0.05) is 0 Å². The van der Waals surface area contributed by atoms with Gasteiger partial charge in [0.1, 0.15) is 18.7 Å². The quantitative estimate of drug-likeness (QED) is 0.545. The molecule has 0 aromatic heterocycles. The van der Waals surface area contributed by atoms with Gasteiger partial charge in [-0.1, -0.05) is 50.6 Å². The number of hydrogen-bond acceptors (Lipinski definition) is 6. The van der Waals surface area contributed by atoms with Crippen molar-refractivity contribution < 1.29 is 23.9 Å². The van der Waals surface area contributed by atoms with Gasteiger partial charge in [-0.3, -0.25) is 4.79 Å². The Kier molecular flexibility index (Phi) is 11.1. The molecular weight excluding hydrogens is 380 g/mol. The lowest BCUT2D eigenvalue weighted by Gasteiger charge is -2.25. The van der Waals surface area contributed by atoms with E-state index in [9.17, 15) is 14.4 Å². The van der Waals surface area contributed by atoms with Crippen molar-refractivity contribution in [3.8, 4) is 0 Å². The number of nitrogens with one attached hydrogen (secondary N) is 2. The van der Waals surface area contributed by atoms with E-state index in [4.69, 9.17) is 9.47 Å². The number of ether oxygens (including phenoxy) is 2. The number of hydrogen-bond donors (Lipinski definition) is 2. The molecule has 0 saturated carbocycles. The summed E-state index contributed by atoms with van der Waals surface area (Å²) in [7, 11) is 1.28. The van der Waals surface area contributed by atoms with Crippen LogP contribution >= 0.6 is 11.8 Å². The van der Waals surface area contributed by atoms with Gasteiger partial charge in [-0.2, -0.15) is 11.8 Å². The first-order valence-electron chi connectivity index (χ1n) is 9.27. The second-order valence-corrected chi connectivity index (χ2v) is 7.42. The van der Waals surface area contributed by atoms with Gasteiger partial charge in [0.15, 0.2) is 0 Å². The highest BCUT2D eigenvalue weighted by atomic mass is 32.2. The molecule has 1 aromatic carbocycles. The zero-order chi connectivity index (χ0) is 20.9. The van der Waals surface area contributed by atoms with Gasteiger partial charge in [-0.15, -0.1) is 0 Å². The van der Waals surface area contributed by atoms with Crippen LogP contribution in [0.5, 0.6) is 0 Å². The molecule has 1 rings (SSSR count). The second-order valence-electron chi connectivity index (χ2n) is 6.44. The molecule has 0 aliphatic rings. The van der Waals surface area contributed by atoms with Gasteiger partial charge in [0.05, 0.1) is 7.11 Å². The molecule has 0 bridgehead atoms. The van der Waals surface area contributed by atoms with E-state index in [-0.39, 0.29) is 12.5 Å². The summed E-state index contributed by atoms with van der Waals surface area (Å²) in [5.41, 5.74) is 0.852.